The minimum absolute atomic E-state index is 0. The minimum Gasteiger partial charge on any atom is -1.00 e. The molecule has 6 heterocycles. The van der Waals surface area contributed by atoms with Crippen molar-refractivity contribution in [1.82, 2.24) is 0 Å². The summed E-state index contributed by atoms with van der Waals surface area (Å²) in [7, 11) is 0. The van der Waals surface area contributed by atoms with Crippen molar-refractivity contribution < 1.29 is 53.1 Å². The maximum absolute atomic E-state index is 12.4. The van der Waals surface area contributed by atoms with Gasteiger partial charge in [-0.2, -0.15) is 0 Å². The number of fused-ring (bicyclic) bond motifs is 6. The molecule has 6 fully saturated rings. The number of aliphatic hydroxyl groups is 2. The number of piperidine rings is 6. The van der Waals surface area contributed by atoms with Crippen LogP contribution in [-0.2, 0) is 17.6 Å². The van der Waals surface area contributed by atoms with Crippen LogP contribution in [0.5, 0.6) is 0 Å². The lowest BCUT2D eigenvalue weighted by Crippen LogP contribution is -3.00. The molecule has 0 amide bonds. The first-order valence-corrected chi connectivity index (χ1v) is 20.7. The van der Waals surface area contributed by atoms with Crippen molar-refractivity contribution in [3.8, 4) is 0 Å². The molecule has 0 saturated carbocycles. The number of hydrogen-bond donors (Lipinski definition) is 2. The molecule has 6 saturated heterocycles. The Morgan fingerprint density at radius 3 is 0.982 bits per heavy atom. The van der Waals surface area contributed by atoms with Crippen LogP contribution in [0.2, 0.25) is 0 Å². The van der Waals surface area contributed by atoms with Gasteiger partial charge < -0.3 is 53.1 Å². The molecule has 2 N–H and O–H groups in total. The molecule has 0 aliphatic carbocycles. The van der Waals surface area contributed by atoms with Crippen molar-refractivity contribution in [2.45, 2.75) is 63.1 Å². The second-order valence-corrected chi connectivity index (χ2v) is 17.2. The maximum atomic E-state index is 12.4. The fourth-order valence-electron chi connectivity index (χ4n) is 11.3. The van der Waals surface area contributed by atoms with E-state index in [9.17, 15) is 10.2 Å². The van der Waals surface area contributed by atoms with E-state index in [0.717, 1.165) is 67.2 Å². The van der Waals surface area contributed by atoms with Crippen LogP contribution in [0.1, 0.15) is 73.3 Å². The van der Waals surface area contributed by atoms with Crippen molar-refractivity contribution in [2.75, 3.05) is 52.4 Å². The quantitative estimate of drug-likeness (QED) is 0.212. The Balaban J connectivity index is 0.000000187. The molecule has 0 spiro atoms. The highest BCUT2D eigenvalue weighted by atomic mass is 79.9. The smallest absolute Gasteiger partial charge is 0.121 e. The van der Waals surface area contributed by atoms with Crippen LogP contribution in [0.3, 0.4) is 0 Å². The number of nitrogens with zero attached hydrogens (tertiary/aromatic N) is 2. The van der Waals surface area contributed by atoms with Crippen molar-refractivity contribution in [1.29, 1.82) is 0 Å². The van der Waals surface area contributed by atoms with Gasteiger partial charge in [0.1, 0.15) is 11.2 Å². The molecule has 5 aromatic carbocycles. The highest BCUT2D eigenvalue weighted by molar-refractivity contribution is 5.41. The van der Waals surface area contributed by atoms with Gasteiger partial charge in [-0.25, -0.2) is 0 Å². The van der Waals surface area contributed by atoms with E-state index in [1.165, 1.54) is 66.9 Å². The highest BCUT2D eigenvalue weighted by Gasteiger charge is 2.61. The van der Waals surface area contributed by atoms with Gasteiger partial charge in [-0.15, -0.1) is 0 Å². The fraction of sp³-hybridized carbons (Fsp3) is 0.400. The third-order valence-corrected chi connectivity index (χ3v) is 15.1. The van der Waals surface area contributed by atoms with E-state index in [-0.39, 0.29) is 44.8 Å². The molecule has 0 radical (unpaired) electrons. The SMILES string of the molecule is CC[N+]12CCC(C(O)(c3ccccc3)c3ccccc3)(CC1)CC2.OC(c1ccccc1)(c1ccccc1)C12CC[N+](CCc3ccccc3)(CC1)CC2.[Br-].[Br-]. The Hall–Kier alpha value is -3.10. The summed E-state index contributed by atoms with van der Waals surface area (Å²) in [6.45, 7) is 11.9. The lowest BCUT2D eigenvalue weighted by molar-refractivity contribution is -0.946. The van der Waals surface area contributed by atoms with E-state index in [4.69, 9.17) is 0 Å². The molecule has 0 unspecified atom stereocenters. The van der Waals surface area contributed by atoms with E-state index in [0.29, 0.717) is 0 Å². The zero-order chi connectivity index (χ0) is 37.2. The first kappa shape index (κ1) is 42.5. The van der Waals surface area contributed by atoms with E-state index in [1.54, 1.807) is 0 Å². The third-order valence-electron chi connectivity index (χ3n) is 15.1. The Kier molecular flexibility index (Phi) is 13.2. The Morgan fingerprint density at radius 2 is 0.696 bits per heavy atom. The van der Waals surface area contributed by atoms with Crippen LogP contribution in [0.4, 0.5) is 0 Å². The van der Waals surface area contributed by atoms with Gasteiger partial charge in [0.2, 0.25) is 0 Å². The molecule has 296 valence electrons. The minimum atomic E-state index is -0.925. The average molecular weight is 881 g/mol. The second kappa shape index (κ2) is 17.4. The number of halogens is 2. The Labute approximate surface area is 356 Å². The summed E-state index contributed by atoms with van der Waals surface area (Å²) in [5.74, 6) is 0. The van der Waals surface area contributed by atoms with Crippen LogP contribution in [0, 0.1) is 10.8 Å². The van der Waals surface area contributed by atoms with Gasteiger partial charge in [0.25, 0.3) is 0 Å². The first-order chi connectivity index (χ1) is 26.3. The van der Waals surface area contributed by atoms with Crippen LogP contribution in [-0.4, -0.2) is 71.5 Å². The van der Waals surface area contributed by atoms with Crippen molar-refractivity contribution >= 4 is 0 Å². The Morgan fingerprint density at radius 1 is 0.429 bits per heavy atom. The molecule has 0 aromatic heterocycles. The normalized spacial score (nSPS) is 26.6. The van der Waals surface area contributed by atoms with Gasteiger partial charge in [-0.1, -0.05) is 152 Å². The monoisotopic (exact) mass is 878 g/mol. The van der Waals surface area contributed by atoms with E-state index < -0.39 is 11.2 Å². The zero-order valence-corrected chi connectivity index (χ0v) is 36.3. The van der Waals surface area contributed by atoms with Gasteiger partial charge in [0.15, 0.2) is 0 Å². The molecule has 6 aliphatic heterocycles. The average Bonchev–Trinajstić information content (AvgIpc) is 3.28. The van der Waals surface area contributed by atoms with Gasteiger partial charge in [0, 0.05) is 55.8 Å². The number of quaternary nitrogens is 2. The van der Waals surface area contributed by atoms with E-state index >= 15 is 0 Å². The zero-order valence-electron chi connectivity index (χ0n) is 33.1. The van der Waals surface area contributed by atoms with Crippen LogP contribution >= 0.6 is 0 Å². The maximum Gasteiger partial charge on any atom is 0.121 e. The summed E-state index contributed by atoms with van der Waals surface area (Å²) < 4.78 is 2.47. The molecule has 4 bridgehead atoms. The van der Waals surface area contributed by atoms with Crippen LogP contribution < -0.4 is 34.0 Å². The fourth-order valence-corrected chi connectivity index (χ4v) is 11.3. The van der Waals surface area contributed by atoms with Crippen molar-refractivity contribution in [3.63, 3.8) is 0 Å². The lowest BCUT2D eigenvalue weighted by Gasteiger charge is -2.60. The van der Waals surface area contributed by atoms with Crippen LogP contribution in [0.15, 0.2) is 152 Å². The van der Waals surface area contributed by atoms with Gasteiger partial charge >= 0.3 is 0 Å². The number of hydrogen-bond acceptors (Lipinski definition) is 2. The largest absolute Gasteiger partial charge is 1.00 e. The third kappa shape index (κ3) is 7.51. The molecular weight excluding hydrogens is 820 g/mol. The summed E-state index contributed by atoms with van der Waals surface area (Å²) in [4.78, 5) is 0. The predicted molar refractivity (Wildman–Crippen MR) is 220 cm³/mol. The molecule has 11 rings (SSSR count). The summed E-state index contributed by atoms with van der Waals surface area (Å²) in [5.41, 5.74) is 3.70. The second-order valence-electron chi connectivity index (χ2n) is 17.2. The molecule has 6 heteroatoms. The predicted octanol–water partition coefficient (Wildman–Crippen LogP) is 3.12. The standard InChI is InChI=1S/C28H32NO.C22H28NO.2BrH/c30-28(25-12-6-2-7-13-25,26-14-8-3-9-15-26)27-17-21-29(22-18-27,23-19-27)20-16-24-10-4-1-5-11-24;1-2-23-16-13-21(14-17-23,15-18-23)22(24,19-9-5-3-6-10-19)20-11-7-4-8-12-20;;/h1-15,30H,16-23H2;3-12,24H,2,13-18H2,1H3;2*1H/q2*+1;;/p-2. The van der Waals surface area contributed by atoms with Crippen LogP contribution in [0.25, 0.3) is 0 Å². The van der Waals surface area contributed by atoms with E-state index in [2.05, 4.69) is 134 Å². The first-order valence-electron chi connectivity index (χ1n) is 20.7. The summed E-state index contributed by atoms with van der Waals surface area (Å²) in [6, 6.07) is 52.4. The summed E-state index contributed by atoms with van der Waals surface area (Å²) in [5, 5.41) is 24.6. The topological polar surface area (TPSA) is 40.5 Å². The van der Waals surface area contributed by atoms with Gasteiger partial charge in [0.05, 0.1) is 52.4 Å². The molecular formula is C50H60Br2N2O2. The number of rotatable bonds is 10. The summed E-state index contributed by atoms with van der Waals surface area (Å²) in [6.07, 6.45) is 7.74. The van der Waals surface area contributed by atoms with Gasteiger partial charge in [-0.3, -0.25) is 0 Å². The Bertz CT molecular complexity index is 1830. The molecule has 0 atom stereocenters. The summed E-state index contributed by atoms with van der Waals surface area (Å²) >= 11 is 0. The lowest BCUT2D eigenvalue weighted by atomic mass is 9.56. The molecule has 4 nitrogen and oxygen atoms in total. The van der Waals surface area contributed by atoms with Crippen molar-refractivity contribution in [2.24, 2.45) is 10.8 Å². The highest BCUT2D eigenvalue weighted by Crippen LogP contribution is 2.58. The van der Waals surface area contributed by atoms with Gasteiger partial charge in [-0.05, 0) is 34.7 Å². The molecule has 5 aromatic rings. The number of benzene rings is 5. The molecule has 6 aliphatic rings. The van der Waals surface area contributed by atoms with E-state index in [1.807, 2.05) is 24.3 Å². The molecule has 56 heavy (non-hydrogen) atoms. The van der Waals surface area contributed by atoms with Crippen molar-refractivity contribution in [3.05, 3.63) is 179 Å².